The second kappa shape index (κ2) is 12.1. The molecule has 0 fully saturated rings. The average Bonchev–Trinajstić information content (AvgIpc) is 3.53. The van der Waals surface area contributed by atoms with Crippen LogP contribution in [0, 0.1) is 0 Å². The van der Waals surface area contributed by atoms with Crippen molar-refractivity contribution in [2.24, 2.45) is 0 Å². The van der Waals surface area contributed by atoms with Crippen molar-refractivity contribution in [3.8, 4) is 11.5 Å². The van der Waals surface area contributed by atoms with Crippen LogP contribution in [0.5, 0.6) is 11.5 Å². The van der Waals surface area contributed by atoms with Crippen LogP contribution in [0.4, 0.5) is 17.1 Å². The number of carbonyl (C=O) groups excluding carboxylic acids is 2. The zero-order chi connectivity index (χ0) is 27.4. The lowest BCUT2D eigenvalue weighted by Crippen LogP contribution is -2.14. The second-order valence-corrected chi connectivity index (χ2v) is 12.6. The lowest BCUT2D eigenvalue weighted by atomic mass is 10.2. The number of methoxy groups -OCH3 is 2. The van der Waals surface area contributed by atoms with Crippen LogP contribution in [-0.2, 0) is 9.59 Å². The molecule has 0 aliphatic rings. The number of carbonyl (C=O) groups is 2. The molecule has 2 amide bonds. The van der Waals surface area contributed by atoms with E-state index in [1.807, 2.05) is 36.4 Å². The first kappa shape index (κ1) is 27.1. The number of nitrogens with one attached hydrogen (secondary N) is 2. The number of thiazole rings is 2. The van der Waals surface area contributed by atoms with Gasteiger partial charge in [-0.3, -0.25) is 9.59 Å². The molecule has 200 valence electrons. The Morgan fingerprint density at radius 3 is 2.13 bits per heavy atom. The van der Waals surface area contributed by atoms with Crippen molar-refractivity contribution in [1.82, 2.24) is 9.97 Å². The summed E-state index contributed by atoms with van der Waals surface area (Å²) in [4.78, 5) is 34.3. The summed E-state index contributed by atoms with van der Waals surface area (Å²) in [6, 6.07) is 16.4. The average molecular weight is 598 g/mol. The number of rotatable bonds is 10. The molecule has 0 aliphatic heterocycles. The molecule has 0 unspecified atom stereocenters. The molecule has 0 spiro atoms. The maximum absolute atomic E-state index is 12.6. The zero-order valence-electron chi connectivity index (χ0n) is 20.8. The number of nitrogens with two attached hydrogens (primary N) is 1. The number of ether oxygens (including phenoxy) is 2. The fraction of sp³-hybridized carbons (Fsp3) is 0.154. The highest BCUT2D eigenvalue weighted by Crippen LogP contribution is 2.33. The molecule has 2 heterocycles. The van der Waals surface area contributed by atoms with Crippen molar-refractivity contribution in [3.05, 3.63) is 54.6 Å². The van der Waals surface area contributed by atoms with Crippen LogP contribution in [0.1, 0.15) is 0 Å². The van der Waals surface area contributed by atoms with E-state index in [-0.39, 0.29) is 23.3 Å². The van der Waals surface area contributed by atoms with Crippen LogP contribution in [0.2, 0.25) is 0 Å². The highest BCUT2D eigenvalue weighted by atomic mass is 32.2. The van der Waals surface area contributed by atoms with Crippen LogP contribution in [0.3, 0.4) is 0 Å². The van der Waals surface area contributed by atoms with Crippen LogP contribution in [0.25, 0.3) is 20.4 Å². The first-order valence-corrected chi connectivity index (χ1v) is 15.1. The first-order valence-electron chi connectivity index (χ1n) is 11.5. The molecule has 5 aromatic rings. The van der Waals surface area contributed by atoms with Crippen molar-refractivity contribution >= 4 is 95.5 Å². The summed E-state index contributed by atoms with van der Waals surface area (Å²) in [5, 5.41) is 5.79. The van der Waals surface area contributed by atoms with Crippen LogP contribution >= 0.6 is 46.2 Å². The van der Waals surface area contributed by atoms with Gasteiger partial charge in [0.1, 0.15) is 11.5 Å². The maximum Gasteiger partial charge on any atom is 0.234 e. The van der Waals surface area contributed by atoms with E-state index >= 15 is 0 Å². The molecule has 3 aromatic carbocycles. The topological polar surface area (TPSA) is 128 Å². The van der Waals surface area contributed by atoms with Crippen molar-refractivity contribution < 1.29 is 19.1 Å². The molecule has 9 nitrogen and oxygen atoms in total. The molecule has 5 rings (SSSR count). The van der Waals surface area contributed by atoms with Gasteiger partial charge in [-0.05, 0) is 48.5 Å². The van der Waals surface area contributed by atoms with E-state index in [1.165, 1.54) is 46.2 Å². The van der Waals surface area contributed by atoms with Gasteiger partial charge >= 0.3 is 0 Å². The molecule has 0 aliphatic carbocycles. The molecule has 2 aromatic heterocycles. The Bertz CT molecular complexity index is 1670. The van der Waals surface area contributed by atoms with Gasteiger partial charge in [0, 0.05) is 17.4 Å². The molecule has 0 saturated heterocycles. The summed E-state index contributed by atoms with van der Waals surface area (Å²) in [6.45, 7) is 0. The normalized spacial score (nSPS) is 11.0. The predicted octanol–water partition coefficient (Wildman–Crippen LogP) is 5.97. The van der Waals surface area contributed by atoms with Crippen molar-refractivity contribution in [3.63, 3.8) is 0 Å². The summed E-state index contributed by atoms with van der Waals surface area (Å²) < 4.78 is 14.0. The minimum absolute atomic E-state index is 0.123. The molecular weight excluding hydrogens is 575 g/mol. The first-order chi connectivity index (χ1) is 18.9. The van der Waals surface area contributed by atoms with E-state index in [0.717, 1.165) is 29.1 Å². The van der Waals surface area contributed by atoms with Crippen LogP contribution in [-0.4, -0.2) is 47.5 Å². The molecule has 0 bridgehead atoms. The standard InChI is InChI=1S/C26H23N5O4S4/c1-34-16-5-8-20(35-2)19(11-16)29-24(33)13-37-26-31-18-7-4-15(10-22(18)39-26)28-23(32)12-36-25-30-17-6-3-14(27)9-21(17)38-25/h3-11H,12-13,27H2,1-2H3,(H,28,32)(H,29,33). The molecular formula is C26H23N5O4S4. The smallest absolute Gasteiger partial charge is 0.234 e. The third-order valence-electron chi connectivity index (χ3n) is 5.38. The summed E-state index contributed by atoms with van der Waals surface area (Å²) in [6.07, 6.45) is 0. The van der Waals surface area contributed by atoms with E-state index < -0.39 is 0 Å². The van der Waals surface area contributed by atoms with Crippen LogP contribution in [0.15, 0.2) is 63.3 Å². The number of nitrogens with zero attached hydrogens (tertiary/aromatic N) is 2. The number of amides is 2. The number of thioether (sulfide) groups is 2. The van der Waals surface area contributed by atoms with Crippen molar-refractivity contribution in [2.45, 2.75) is 8.68 Å². The summed E-state index contributed by atoms with van der Waals surface area (Å²) in [5.74, 6) is 1.28. The fourth-order valence-corrected chi connectivity index (χ4v) is 7.40. The second-order valence-electron chi connectivity index (χ2n) is 8.11. The van der Waals surface area contributed by atoms with Gasteiger partial charge in [0.05, 0.1) is 51.8 Å². The number of hydrogen-bond donors (Lipinski definition) is 3. The third-order valence-corrected chi connectivity index (χ3v) is 9.70. The van der Waals surface area contributed by atoms with E-state index in [9.17, 15) is 9.59 Å². The molecule has 0 saturated carbocycles. The van der Waals surface area contributed by atoms with Gasteiger partial charge in [-0.25, -0.2) is 9.97 Å². The van der Waals surface area contributed by atoms with E-state index in [2.05, 4.69) is 20.6 Å². The Morgan fingerprint density at radius 2 is 1.46 bits per heavy atom. The Kier molecular flexibility index (Phi) is 8.41. The molecule has 4 N–H and O–H groups in total. The molecule has 13 heteroatoms. The zero-order valence-corrected chi connectivity index (χ0v) is 24.1. The fourth-order valence-electron chi connectivity index (χ4n) is 3.57. The lowest BCUT2D eigenvalue weighted by molar-refractivity contribution is -0.114. The van der Waals surface area contributed by atoms with Gasteiger partial charge in [0.15, 0.2) is 8.68 Å². The number of nitrogen functional groups attached to an aromatic ring is 1. The van der Waals surface area contributed by atoms with Crippen molar-refractivity contribution in [1.29, 1.82) is 0 Å². The largest absolute Gasteiger partial charge is 0.497 e. The Morgan fingerprint density at radius 1 is 0.821 bits per heavy atom. The summed E-state index contributed by atoms with van der Waals surface area (Å²) >= 11 is 5.72. The SMILES string of the molecule is COc1ccc(OC)c(NC(=O)CSc2nc3ccc(NC(=O)CSc4nc5ccc(N)cc5s4)cc3s2)c1. The predicted molar refractivity (Wildman–Crippen MR) is 162 cm³/mol. The van der Waals surface area contributed by atoms with Gasteiger partial charge in [0.2, 0.25) is 11.8 Å². The summed E-state index contributed by atoms with van der Waals surface area (Å²) in [7, 11) is 3.11. The lowest BCUT2D eigenvalue weighted by Gasteiger charge is -2.11. The number of anilines is 3. The van der Waals surface area contributed by atoms with Crippen LogP contribution < -0.4 is 25.8 Å². The van der Waals surface area contributed by atoms with E-state index in [0.29, 0.717) is 28.6 Å². The molecule has 39 heavy (non-hydrogen) atoms. The minimum Gasteiger partial charge on any atom is -0.497 e. The summed E-state index contributed by atoms with van der Waals surface area (Å²) in [5.41, 5.74) is 9.44. The Hall–Kier alpha value is -3.52. The highest BCUT2D eigenvalue weighted by molar-refractivity contribution is 8.02. The Balaban J connectivity index is 1.15. The highest BCUT2D eigenvalue weighted by Gasteiger charge is 2.13. The van der Waals surface area contributed by atoms with E-state index in [1.54, 1.807) is 32.4 Å². The van der Waals surface area contributed by atoms with Gasteiger partial charge in [-0.2, -0.15) is 0 Å². The number of fused-ring (bicyclic) bond motifs is 2. The maximum atomic E-state index is 12.6. The van der Waals surface area contributed by atoms with Gasteiger partial charge in [-0.15, -0.1) is 22.7 Å². The molecule has 0 atom stereocenters. The van der Waals surface area contributed by atoms with Crippen molar-refractivity contribution in [2.75, 3.05) is 42.1 Å². The third kappa shape index (κ3) is 6.74. The van der Waals surface area contributed by atoms with Gasteiger partial charge in [-0.1, -0.05) is 23.5 Å². The van der Waals surface area contributed by atoms with Gasteiger partial charge < -0.3 is 25.8 Å². The molecule has 0 radical (unpaired) electrons. The van der Waals surface area contributed by atoms with E-state index in [4.69, 9.17) is 15.2 Å². The van der Waals surface area contributed by atoms with Gasteiger partial charge in [0.25, 0.3) is 0 Å². The Labute approximate surface area is 240 Å². The number of hydrogen-bond acceptors (Lipinski definition) is 11. The minimum atomic E-state index is -0.187. The number of aromatic nitrogens is 2. The quantitative estimate of drug-likeness (QED) is 0.132. The number of benzene rings is 3. The monoisotopic (exact) mass is 597 g/mol.